The molecule has 0 radical (unpaired) electrons. The van der Waals surface area contributed by atoms with Crippen LogP contribution in [0.3, 0.4) is 0 Å². The van der Waals surface area contributed by atoms with Crippen molar-refractivity contribution < 1.29 is 35.9 Å². The van der Waals surface area contributed by atoms with Gasteiger partial charge in [-0.2, -0.15) is 13.2 Å². The van der Waals surface area contributed by atoms with E-state index in [1.807, 2.05) is 37.3 Å². The molecule has 1 saturated heterocycles. The minimum atomic E-state index is -4.63. The Balaban J connectivity index is 1.32. The highest BCUT2D eigenvalue weighted by Crippen LogP contribution is 2.30. The molecule has 1 heterocycles. The molecule has 0 aliphatic carbocycles. The number of methoxy groups -OCH3 is 1. The van der Waals surface area contributed by atoms with Gasteiger partial charge in [0.05, 0.1) is 25.9 Å². The lowest BCUT2D eigenvalue weighted by Gasteiger charge is -2.36. The number of sulfonamides is 1. The standard InChI is InChI=1S/C30H34F3N3O5S/c1-3-41-27-6-4-5-23(19-27)24-7-8-25(28(20-24)40-2)21-35-14-16-36(17-15-35)26-11-9-22(10-12-26)29(37)34-42(38,39)18-13-30(31,32)33/h4-12,19-20H,3,13-18,21H2,1-2H3,(H,34,37). The van der Waals surface area contributed by atoms with Crippen LogP contribution in [0.5, 0.6) is 11.5 Å². The van der Waals surface area contributed by atoms with Crippen LogP contribution in [0.1, 0.15) is 29.3 Å². The van der Waals surface area contributed by atoms with Crippen LogP contribution in [-0.4, -0.2) is 71.0 Å². The van der Waals surface area contributed by atoms with Gasteiger partial charge in [-0.3, -0.25) is 9.69 Å². The van der Waals surface area contributed by atoms with E-state index in [1.54, 1.807) is 24.0 Å². The molecular weight excluding hydrogens is 571 g/mol. The average Bonchev–Trinajstić information content (AvgIpc) is 2.97. The monoisotopic (exact) mass is 605 g/mol. The summed E-state index contributed by atoms with van der Waals surface area (Å²) in [5.74, 6) is -0.536. The molecule has 0 aromatic heterocycles. The summed E-state index contributed by atoms with van der Waals surface area (Å²) in [4.78, 5) is 16.8. The molecule has 0 bridgehead atoms. The number of benzene rings is 3. The highest BCUT2D eigenvalue weighted by atomic mass is 32.2. The van der Waals surface area contributed by atoms with E-state index < -0.39 is 34.3 Å². The second-order valence-corrected chi connectivity index (χ2v) is 11.8. The number of rotatable bonds is 11. The number of anilines is 1. The number of ether oxygens (including phenoxy) is 2. The molecule has 0 saturated carbocycles. The highest BCUT2D eigenvalue weighted by Gasteiger charge is 2.30. The van der Waals surface area contributed by atoms with Crippen molar-refractivity contribution in [1.82, 2.24) is 9.62 Å². The molecule has 42 heavy (non-hydrogen) atoms. The molecule has 3 aromatic rings. The summed E-state index contributed by atoms with van der Waals surface area (Å²) in [7, 11) is -2.73. The molecule has 0 spiro atoms. The van der Waals surface area contributed by atoms with Crippen LogP contribution in [0.15, 0.2) is 66.7 Å². The lowest BCUT2D eigenvalue weighted by molar-refractivity contribution is -0.130. The fourth-order valence-electron chi connectivity index (χ4n) is 4.72. The molecule has 1 N–H and O–H groups in total. The van der Waals surface area contributed by atoms with Gasteiger partial charge in [0.15, 0.2) is 0 Å². The lowest BCUT2D eigenvalue weighted by Crippen LogP contribution is -2.46. The molecule has 0 unspecified atom stereocenters. The Labute approximate surface area is 244 Å². The Morgan fingerprint density at radius 3 is 2.29 bits per heavy atom. The molecule has 8 nitrogen and oxygen atoms in total. The second-order valence-electron chi connectivity index (χ2n) is 9.91. The number of carbonyl (C=O) groups excluding carboxylic acids is 1. The lowest BCUT2D eigenvalue weighted by atomic mass is 10.0. The maximum atomic E-state index is 12.3. The molecule has 0 atom stereocenters. The minimum Gasteiger partial charge on any atom is -0.496 e. The van der Waals surface area contributed by atoms with E-state index in [4.69, 9.17) is 9.47 Å². The van der Waals surface area contributed by atoms with Crippen molar-refractivity contribution in [2.75, 3.05) is 50.5 Å². The van der Waals surface area contributed by atoms with Gasteiger partial charge in [-0.25, -0.2) is 13.1 Å². The van der Waals surface area contributed by atoms with E-state index in [9.17, 15) is 26.4 Å². The topological polar surface area (TPSA) is 88.2 Å². The van der Waals surface area contributed by atoms with Gasteiger partial charge in [0.2, 0.25) is 10.0 Å². The zero-order valence-corrected chi connectivity index (χ0v) is 24.3. The molecule has 1 aliphatic heterocycles. The van der Waals surface area contributed by atoms with E-state index in [0.717, 1.165) is 66.6 Å². The summed E-state index contributed by atoms with van der Waals surface area (Å²) >= 11 is 0. The summed E-state index contributed by atoms with van der Waals surface area (Å²) in [6, 6.07) is 20.5. The first-order valence-corrected chi connectivity index (χ1v) is 15.2. The molecule has 12 heteroatoms. The Morgan fingerprint density at radius 2 is 1.64 bits per heavy atom. The van der Waals surface area contributed by atoms with Crippen molar-refractivity contribution in [3.8, 4) is 22.6 Å². The molecule has 1 amide bonds. The quantitative estimate of drug-likeness (QED) is 0.326. The Kier molecular flexibility index (Phi) is 10.00. The number of piperazine rings is 1. The van der Waals surface area contributed by atoms with Crippen molar-refractivity contribution in [2.45, 2.75) is 26.1 Å². The van der Waals surface area contributed by atoms with E-state index in [0.29, 0.717) is 6.61 Å². The summed E-state index contributed by atoms with van der Waals surface area (Å²) in [6.07, 6.45) is -6.15. The predicted octanol–water partition coefficient (Wildman–Crippen LogP) is 5.10. The van der Waals surface area contributed by atoms with Crippen LogP contribution in [0.2, 0.25) is 0 Å². The van der Waals surface area contributed by atoms with Crippen LogP contribution in [0.25, 0.3) is 11.1 Å². The fourth-order valence-corrected chi connectivity index (χ4v) is 5.72. The highest BCUT2D eigenvalue weighted by molar-refractivity contribution is 7.90. The minimum absolute atomic E-state index is 0.0492. The van der Waals surface area contributed by atoms with Gasteiger partial charge in [-0.05, 0) is 60.5 Å². The number of carbonyl (C=O) groups is 1. The maximum absolute atomic E-state index is 12.3. The Morgan fingerprint density at radius 1 is 0.952 bits per heavy atom. The predicted molar refractivity (Wildman–Crippen MR) is 155 cm³/mol. The van der Waals surface area contributed by atoms with Crippen molar-refractivity contribution in [1.29, 1.82) is 0 Å². The molecule has 1 aliphatic rings. The Hall–Kier alpha value is -3.77. The van der Waals surface area contributed by atoms with Gasteiger partial charge < -0.3 is 14.4 Å². The maximum Gasteiger partial charge on any atom is 0.390 e. The first-order chi connectivity index (χ1) is 20.0. The van der Waals surface area contributed by atoms with E-state index in [-0.39, 0.29) is 5.56 Å². The zero-order valence-electron chi connectivity index (χ0n) is 23.5. The van der Waals surface area contributed by atoms with E-state index >= 15 is 0 Å². The molecule has 226 valence electrons. The SMILES string of the molecule is CCOc1cccc(-c2ccc(CN3CCN(c4ccc(C(=O)NS(=O)(=O)CCC(F)(F)F)cc4)CC3)c(OC)c2)c1. The third kappa shape index (κ3) is 8.62. The second kappa shape index (κ2) is 13.5. The normalized spacial score (nSPS) is 14.5. The summed E-state index contributed by atoms with van der Waals surface area (Å²) in [5.41, 5.74) is 4.08. The number of amides is 1. The number of halogens is 3. The van der Waals surface area contributed by atoms with Crippen LogP contribution < -0.4 is 19.1 Å². The van der Waals surface area contributed by atoms with Crippen LogP contribution in [0, 0.1) is 0 Å². The van der Waals surface area contributed by atoms with Gasteiger partial charge in [0.25, 0.3) is 5.91 Å². The zero-order chi connectivity index (χ0) is 30.3. The number of hydrogen-bond donors (Lipinski definition) is 1. The van der Waals surface area contributed by atoms with Crippen molar-refractivity contribution >= 4 is 21.6 Å². The Bertz CT molecular complexity index is 1470. The van der Waals surface area contributed by atoms with Gasteiger partial charge in [-0.15, -0.1) is 0 Å². The summed E-state index contributed by atoms with van der Waals surface area (Å²) in [5, 5.41) is 0. The van der Waals surface area contributed by atoms with Crippen molar-refractivity contribution in [2.24, 2.45) is 0 Å². The average molecular weight is 606 g/mol. The number of nitrogens with one attached hydrogen (secondary N) is 1. The van der Waals surface area contributed by atoms with Crippen LogP contribution in [-0.2, 0) is 16.6 Å². The molecule has 4 rings (SSSR count). The smallest absolute Gasteiger partial charge is 0.390 e. The number of nitrogens with zero attached hydrogens (tertiary/aromatic N) is 2. The third-order valence-electron chi connectivity index (χ3n) is 6.93. The van der Waals surface area contributed by atoms with Crippen molar-refractivity contribution in [3.05, 3.63) is 77.9 Å². The largest absolute Gasteiger partial charge is 0.496 e. The fraction of sp³-hybridized carbons (Fsp3) is 0.367. The number of hydrogen-bond acceptors (Lipinski definition) is 7. The van der Waals surface area contributed by atoms with Crippen LogP contribution in [0.4, 0.5) is 18.9 Å². The van der Waals surface area contributed by atoms with Gasteiger partial charge in [0.1, 0.15) is 11.5 Å². The molecule has 1 fully saturated rings. The van der Waals surface area contributed by atoms with Gasteiger partial charge in [-0.1, -0.05) is 24.3 Å². The summed E-state index contributed by atoms with van der Waals surface area (Å²) in [6.45, 7) is 6.34. The van der Waals surface area contributed by atoms with E-state index in [2.05, 4.69) is 21.9 Å². The first kappa shape index (κ1) is 31.2. The number of alkyl halides is 3. The summed E-state index contributed by atoms with van der Waals surface area (Å²) < 4.78 is 73.8. The molecule has 3 aromatic carbocycles. The van der Waals surface area contributed by atoms with E-state index in [1.165, 1.54) is 12.1 Å². The first-order valence-electron chi connectivity index (χ1n) is 13.6. The van der Waals surface area contributed by atoms with Crippen LogP contribution >= 0.6 is 0 Å². The van der Waals surface area contributed by atoms with Gasteiger partial charge >= 0.3 is 6.18 Å². The third-order valence-corrected chi connectivity index (χ3v) is 8.17. The molecular formula is C30H34F3N3O5S. The van der Waals surface area contributed by atoms with Gasteiger partial charge in [0, 0.05) is 49.5 Å². The van der Waals surface area contributed by atoms with Crippen molar-refractivity contribution in [3.63, 3.8) is 0 Å².